The molecule has 0 heterocycles. The van der Waals surface area contributed by atoms with Gasteiger partial charge in [-0.2, -0.15) is 5.26 Å². The first kappa shape index (κ1) is 20.1. The lowest BCUT2D eigenvalue weighted by Gasteiger charge is -2.07. The first-order valence-corrected chi connectivity index (χ1v) is 10.5. The molecule has 0 saturated carbocycles. The minimum atomic E-state index is 0.211. The van der Waals surface area contributed by atoms with Crippen LogP contribution in [0, 0.1) is 16.1 Å². The van der Waals surface area contributed by atoms with Gasteiger partial charge >= 0.3 is 0 Å². The lowest BCUT2D eigenvalue weighted by Crippen LogP contribution is -2.18. The van der Waals surface area contributed by atoms with Crippen molar-refractivity contribution in [2.24, 2.45) is 10.7 Å². The minimum Gasteiger partial charge on any atom is -0.376 e. The van der Waals surface area contributed by atoms with Crippen molar-refractivity contribution in [1.82, 2.24) is 0 Å². The average Bonchev–Trinajstić information content (AvgIpc) is 2.62. The number of benzene rings is 2. The Balaban J connectivity index is 1.76. The molecule has 0 atom stereocenters. The van der Waals surface area contributed by atoms with E-state index in [1.165, 1.54) is 21.6 Å². The van der Waals surface area contributed by atoms with E-state index in [4.69, 9.17) is 28.6 Å². The zero-order valence-electron chi connectivity index (χ0n) is 13.3. The maximum absolute atomic E-state index is 8.61. The van der Waals surface area contributed by atoms with Gasteiger partial charge in [0.25, 0.3) is 0 Å². The minimum absolute atomic E-state index is 0.211. The number of nitrogens with zero attached hydrogens (tertiary/aromatic N) is 2. The summed E-state index contributed by atoms with van der Waals surface area (Å²) >= 11 is 5.89. The van der Waals surface area contributed by atoms with Crippen LogP contribution in [0.1, 0.15) is 0 Å². The van der Waals surface area contributed by atoms with Crippen LogP contribution >= 0.6 is 45.6 Å². The van der Waals surface area contributed by atoms with Crippen LogP contribution in [0.2, 0.25) is 0 Å². The molecule has 0 saturated heterocycles. The molecule has 0 aliphatic rings. The first-order valence-electron chi connectivity index (χ1n) is 7.11. The molecule has 2 rings (SSSR count). The van der Waals surface area contributed by atoms with Crippen molar-refractivity contribution in [3.8, 4) is 5.40 Å². The van der Waals surface area contributed by atoms with E-state index in [2.05, 4.69) is 15.6 Å². The summed E-state index contributed by atoms with van der Waals surface area (Å²) in [4.78, 5) is 5.18. The molecule has 0 radical (unpaired) electrons. The van der Waals surface area contributed by atoms with E-state index in [0.717, 1.165) is 33.7 Å². The van der Waals surface area contributed by atoms with Gasteiger partial charge in [0, 0.05) is 16.3 Å². The first-order chi connectivity index (χ1) is 12.6. The number of nitrogens with two attached hydrogens (primary N) is 1. The number of aliphatic imine (C=N–C) groups is 1. The van der Waals surface area contributed by atoms with Gasteiger partial charge in [-0.3, -0.25) is 5.41 Å². The van der Waals surface area contributed by atoms with Gasteiger partial charge in [-0.25, -0.2) is 4.99 Å². The van der Waals surface area contributed by atoms with Crippen LogP contribution in [0.5, 0.6) is 0 Å². The summed E-state index contributed by atoms with van der Waals surface area (Å²) in [5, 5.41) is 24.9. The van der Waals surface area contributed by atoms with Crippen LogP contribution in [-0.2, 0) is 0 Å². The van der Waals surface area contributed by atoms with Gasteiger partial charge in [0.1, 0.15) is 5.40 Å². The Hall–Kier alpha value is -2.19. The third kappa shape index (κ3) is 7.37. The molecule has 0 amide bonds. The van der Waals surface area contributed by atoms with E-state index < -0.39 is 0 Å². The predicted molar refractivity (Wildman–Crippen MR) is 119 cm³/mol. The molecular weight excluding hydrogens is 404 g/mol. The molecule has 0 unspecified atom stereocenters. The van der Waals surface area contributed by atoms with Gasteiger partial charge in [0.2, 0.25) is 0 Å². The zero-order valence-corrected chi connectivity index (χ0v) is 16.6. The highest BCUT2D eigenvalue weighted by Crippen LogP contribution is 2.24. The number of nitrogens with one attached hydrogen (secondary N) is 3. The van der Waals surface area contributed by atoms with Crippen molar-refractivity contribution in [3.05, 3.63) is 48.5 Å². The number of nitriles is 1. The number of amidine groups is 1. The Kier molecular flexibility index (Phi) is 8.30. The third-order valence-electron chi connectivity index (χ3n) is 2.79. The van der Waals surface area contributed by atoms with Crippen LogP contribution in [0.3, 0.4) is 0 Å². The molecule has 2 aromatic rings. The summed E-state index contributed by atoms with van der Waals surface area (Å²) in [5.74, 6) is 0. The van der Waals surface area contributed by atoms with Crippen LogP contribution in [0.25, 0.3) is 0 Å². The van der Waals surface area contributed by atoms with Gasteiger partial charge < -0.3 is 16.4 Å². The monoisotopic (exact) mass is 418 g/mol. The van der Waals surface area contributed by atoms with Crippen molar-refractivity contribution < 1.29 is 0 Å². The second kappa shape index (κ2) is 10.7. The Morgan fingerprint density at radius 3 is 2.31 bits per heavy atom. The quantitative estimate of drug-likeness (QED) is 0.129. The molecule has 0 aliphatic heterocycles. The summed E-state index contributed by atoms with van der Waals surface area (Å²) in [6.07, 6.45) is 0. The smallest absolute Gasteiger partial charge is 0.169 e. The van der Waals surface area contributed by atoms with Crippen molar-refractivity contribution in [3.63, 3.8) is 0 Å². The summed E-state index contributed by atoms with van der Waals surface area (Å²) < 4.78 is 0. The molecule has 0 fully saturated rings. The number of hydrogen-bond acceptors (Lipinski definition) is 7. The highest BCUT2D eigenvalue weighted by Gasteiger charge is 2.00. The Morgan fingerprint density at radius 2 is 1.73 bits per heavy atom. The maximum atomic E-state index is 8.61. The molecule has 2 aromatic carbocycles. The van der Waals surface area contributed by atoms with Crippen molar-refractivity contribution in [2.45, 2.75) is 4.90 Å². The Labute approximate surface area is 168 Å². The van der Waals surface area contributed by atoms with E-state index in [0.29, 0.717) is 0 Å². The van der Waals surface area contributed by atoms with E-state index in [1.54, 1.807) is 5.55 Å². The lowest BCUT2D eigenvalue weighted by molar-refractivity contribution is 1.43. The molecule has 0 bridgehead atoms. The van der Waals surface area contributed by atoms with Crippen LogP contribution in [0.4, 0.5) is 17.1 Å². The fourth-order valence-corrected chi connectivity index (χ4v) is 3.37. The van der Waals surface area contributed by atoms with Crippen LogP contribution < -0.4 is 16.4 Å². The van der Waals surface area contributed by atoms with Gasteiger partial charge in [-0.05, 0) is 94.1 Å². The molecule has 10 heteroatoms. The molecule has 6 nitrogen and oxygen atoms in total. The number of thiocarbonyl (C=S) groups is 1. The van der Waals surface area contributed by atoms with Crippen molar-refractivity contribution in [1.29, 1.82) is 10.7 Å². The normalized spacial score (nSPS) is 10.3. The molecule has 132 valence electrons. The SMILES string of the molecule is N#CSc1ccc(N=CSSC(=N)Nc2ccc(NC(N)=S)cc2)cc1. The lowest BCUT2D eigenvalue weighted by atomic mass is 10.3. The zero-order chi connectivity index (χ0) is 18.8. The topological polar surface area (TPSA) is 110 Å². The predicted octanol–water partition coefficient (Wildman–Crippen LogP) is 5.00. The number of thiocyanates is 1. The van der Waals surface area contributed by atoms with Gasteiger partial charge in [0.05, 0.1) is 11.2 Å². The number of rotatable bonds is 6. The molecule has 0 aliphatic carbocycles. The van der Waals surface area contributed by atoms with Crippen LogP contribution in [0.15, 0.2) is 58.4 Å². The standard InChI is InChI=1S/C16H14N6S4/c17-9-24-14-7-5-11(6-8-14)20-10-25-26-16(19)22-13-3-1-12(2-4-13)21-15(18)23/h1-8,10H,(H2,19,22)(H3,18,21,23). The molecule has 26 heavy (non-hydrogen) atoms. The summed E-state index contributed by atoms with van der Waals surface area (Å²) in [6, 6.07) is 14.7. The average molecular weight is 419 g/mol. The molecule has 5 N–H and O–H groups in total. The van der Waals surface area contributed by atoms with Crippen LogP contribution in [-0.4, -0.2) is 15.8 Å². The second-order valence-corrected chi connectivity index (χ2v) is 7.98. The summed E-state index contributed by atoms with van der Waals surface area (Å²) in [6.45, 7) is 0. The highest BCUT2D eigenvalue weighted by molar-refractivity contribution is 8.86. The maximum Gasteiger partial charge on any atom is 0.169 e. The van der Waals surface area contributed by atoms with Crippen molar-refractivity contribution >= 4 is 78.5 Å². The van der Waals surface area contributed by atoms with Crippen molar-refractivity contribution in [2.75, 3.05) is 10.6 Å². The summed E-state index contributed by atoms with van der Waals surface area (Å²) in [7, 11) is 2.59. The Bertz CT molecular complexity index is 827. The third-order valence-corrected chi connectivity index (χ3v) is 5.09. The van der Waals surface area contributed by atoms with E-state index >= 15 is 0 Å². The second-order valence-electron chi connectivity index (χ2n) is 4.62. The fourth-order valence-electron chi connectivity index (χ4n) is 1.74. The molecular formula is C16H14N6S4. The number of hydrogen-bond donors (Lipinski definition) is 4. The number of thioether (sulfide) groups is 1. The van der Waals surface area contributed by atoms with E-state index in [1.807, 2.05) is 53.9 Å². The Morgan fingerprint density at radius 1 is 1.12 bits per heavy atom. The highest BCUT2D eigenvalue weighted by atomic mass is 33.1. The van der Waals surface area contributed by atoms with Gasteiger partial charge in [-0.15, -0.1) is 0 Å². The number of anilines is 2. The molecule has 0 spiro atoms. The van der Waals surface area contributed by atoms with Gasteiger partial charge in [0.15, 0.2) is 10.3 Å². The largest absolute Gasteiger partial charge is 0.376 e. The molecule has 0 aromatic heterocycles. The van der Waals surface area contributed by atoms with Gasteiger partial charge in [-0.1, -0.05) is 0 Å². The van der Waals surface area contributed by atoms with E-state index in [-0.39, 0.29) is 10.3 Å². The van der Waals surface area contributed by atoms with E-state index in [9.17, 15) is 0 Å². The summed E-state index contributed by atoms with van der Waals surface area (Å²) in [5.41, 5.74) is 9.46. The fraction of sp³-hybridized carbons (Fsp3) is 0.